The first-order valence-corrected chi connectivity index (χ1v) is 8.89. The second-order valence-electron chi connectivity index (χ2n) is 5.72. The van der Waals surface area contributed by atoms with E-state index in [9.17, 15) is 0 Å². The molecule has 4 nitrogen and oxygen atoms in total. The van der Waals surface area contributed by atoms with Crippen molar-refractivity contribution < 1.29 is 4.74 Å². The summed E-state index contributed by atoms with van der Waals surface area (Å²) in [6.45, 7) is 7.65. The van der Waals surface area contributed by atoms with Crippen molar-refractivity contribution in [1.82, 2.24) is 9.88 Å². The predicted octanol–water partition coefficient (Wildman–Crippen LogP) is 4.69. The number of hydrogen-bond donors (Lipinski definition) is 0. The van der Waals surface area contributed by atoms with Crippen molar-refractivity contribution in [1.29, 1.82) is 0 Å². The van der Waals surface area contributed by atoms with Gasteiger partial charge in [-0.05, 0) is 53.9 Å². The summed E-state index contributed by atoms with van der Waals surface area (Å²) in [6, 6.07) is 10.3. The maximum absolute atomic E-state index is 5.86. The number of nitrogens with zero attached hydrogens (tertiary/aromatic N) is 3. The van der Waals surface area contributed by atoms with E-state index in [2.05, 4.69) is 64.0 Å². The minimum absolute atomic E-state index is 0.594. The SMILES string of the molecule is CCN(C)/C=N/c1cc(Br)c(OCCc2ccccc2C)nc1C. The molecule has 2 aromatic rings. The standard InChI is InChI=1S/C19H24BrN3O/c1-5-23(4)13-21-18-12-17(20)19(22-15(18)3)24-11-10-16-9-7-6-8-14(16)2/h6-9,12-13H,5,10-11H2,1-4H3/b21-13+. The van der Waals surface area contributed by atoms with Crippen LogP contribution in [-0.2, 0) is 6.42 Å². The zero-order chi connectivity index (χ0) is 17.5. The topological polar surface area (TPSA) is 37.7 Å². The second kappa shape index (κ2) is 8.83. The third-order valence-corrected chi connectivity index (χ3v) is 4.44. The lowest BCUT2D eigenvalue weighted by molar-refractivity contribution is 0.306. The average Bonchev–Trinajstić information content (AvgIpc) is 2.57. The van der Waals surface area contributed by atoms with Gasteiger partial charge in [-0.3, -0.25) is 0 Å². The van der Waals surface area contributed by atoms with E-state index in [1.165, 1.54) is 11.1 Å². The minimum Gasteiger partial charge on any atom is -0.477 e. The highest BCUT2D eigenvalue weighted by Crippen LogP contribution is 2.29. The fourth-order valence-electron chi connectivity index (χ4n) is 2.17. The Bertz CT molecular complexity index is 716. The van der Waals surface area contributed by atoms with Crippen molar-refractivity contribution in [2.24, 2.45) is 4.99 Å². The van der Waals surface area contributed by atoms with Gasteiger partial charge < -0.3 is 9.64 Å². The van der Waals surface area contributed by atoms with E-state index < -0.39 is 0 Å². The number of aromatic nitrogens is 1. The largest absolute Gasteiger partial charge is 0.477 e. The Morgan fingerprint density at radius 1 is 1.29 bits per heavy atom. The molecule has 5 heteroatoms. The van der Waals surface area contributed by atoms with Crippen LogP contribution >= 0.6 is 15.9 Å². The van der Waals surface area contributed by atoms with Gasteiger partial charge in [0, 0.05) is 20.0 Å². The summed E-state index contributed by atoms with van der Waals surface area (Å²) < 4.78 is 6.68. The smallest absolute Gasteiger partial charge is 0.228 e. The molecule has 0 saturated carbocycles. The van der Waals surface area contributed by atoms with E-state index in [0.29, 0.717) is 12.5 Å². The summed E-state index contributed by atoms with van der Waals surface area (Å²) in [7, 11) is 1.99. The molecule has 0 aliphatic rings. The van der Waals surface area contributed by atoms with Crippen molar-refractivity contribution in [3.63, 3.8) is 0 Å². The van der Waals surface area contributed by atoms with E-state index in [1.54, 1.807) is 0 Å². The molecule has 0 amide bonds. The Hall–Kier alpha value is -1.88. The van der Waals surface area contributed by atoms with Gasteiger partial charge in [-0.15, -0.1) is 0 Å². The molecule has 0 atom stereocenters. The molecule has 24 heavy (non-hydrogen) atoms. The van der Waals surface area contributed by atoms with E-state index >= 15 is 0 Å². The summed E-state index contributed by atoms with van der Waals surface area (Å²) in [4.78, 5) is 11.0. The van der Waals surface area contributed by atoms with Gasteiger partial charge in [-0.1, -0.05) is 24.3 Å². The van der Waals surface area contributed by atoms with Crippen LogP contribution in [0.25, 0.3) is 0 Å². The van der Waals surface area contributed by atoms with Crippen LogP contribution in [0.2, 0.25) is 0 Å². The van der Waals surface area contributed by atoms with Crippen LogP contribution in [-0.4, -0.2) is 36.4 Å². The molecule has 0 aliphatic heterocycles. The van der Waals surface area contributed by atoms with Gasteiger partial charge >= 0.3 is 0 Å². The summed E-state index contributed by atoms with van der Waals surface area (Å²) in [5.74, 6) is 0.615. The first-order valence-electron chi connectivity index (χ1n) is 8.10. The lowest BCUT2D eigenvalue weighted by atomic mass is 10.1. The minimum atomic E-state index is 0.594. The third-order valence-electron chi connectivity index (χ3n) is 3.87. The Balaban J connectivity index is 2.02. The van der Waals surface area contributed by atoms with Gasteiger partial charge in [0.2, 0.25) is 5.88 Å². The molecule has 1 aromatic carbocycles. The number of aryl methyl sites for hydroxylation is 2. The molecule has 0 aliphatic carbocycles. The van der Waals surface area contributed by atoms with Gasteiger partial charge in [0.1, 0.15) is 0 Å². The first kappa shape index (κ1) is 18.5. The maximum atomic E-state index is 5.86. The highest BCUT2D eigenvalue weighted by atomic mass is 79.9. The van der Waals surface area contributed by atoms with Crippen LogP contribution in [0.4, 0.5) is 5.69 Å². The molecular formula is C19H24BrN3O. The molecule has 1 aromatic heterocycles. The van der Waals surface area contributed by atoms with Crippen molar-refractivity contribution in [3.8, 4) is 5.88 Å². The number of aliphatic imine (C=N–C) groups is 1. The number of hydrogen-bond acceptors (Lipinski definition) is 3. The van der Waals surface area contributed by atoms with Crippen LogP contribution in [0.15, 0.2) is 39.8 Å². The van der Waals surface area contributed by atoms with Crippen molar-refractivity contribution in [2.45, 2.75) is 27.2 Å². The van der Waals surface area contributed by atoms with Crippen LogP contribution in [0.3, 0.4) is 0 Å². The molecule has 0 radical (unpaired) electrons. The quantitative estimate of drug-likeness (QED) is 0.508. The third kappa shape index (κ3) is 5.06. The summed E-state index contributed by atoms with van der Waals surface area (Å²) in [5.41, 5.74) is 4.28. The number of halogens is 1. The molecular weight excluding hydrogens is 366 g/mol. The normalized spacial score (nSPS) is 11.0. The lowest BCUT2D eigenvalue weighted by Gasteiger charge is -2.12. The molecule has 0 spiro atoms. The molecule has 0 bridgehead atoms. The molecule has 128 valence electrons. The van der Waals surface area contributed by atoms with Crippen molar-refractivity contribution in [3.05, 3.63) is 51.6 Å². The summed E-state index contributed by atoms with van der Waals surface area (Å²) >= 11 is 3.53. The molecule has 0 saturated heterocycles. The van der Waals surface area contributed by atoms with Gasteiger partial charge in [0.15, 0.2) is 0 Å². The van der Waals surface area contributed by atoms with E-state index in [0.717, 1.165) is 28.8 Å². The Morgan fingerprint density at radius 2 is 2.04 bits per heavy atom. The van der Waals surface area contributed by atoms with Gasteiger partial charge in [0.25, 0.3) is 0 Å². The van der Waals surface area contributed by atoms with Crippen molar-refractivity contribution >= 4 is 28.0 Å². The van der Waals surface area contributed by atoms with Crippen LogP contribution in [0.5, 0.6) is 5.88 Å². The fourth-order valence-corrected chi connectivity index (χ4v) is 2.59. The summed E-state index contributed by atoms with van der Waals surface area (Å²) in [5, 5.41) is 0. The second-order valence-corrected chi connectivity index (χ2v) is 6.58. The van der Waals surface area contributed by atoms with Crippen LogP contribution in [0.1, 0.15) is 23.7 Å². The Kier molecular flexibility index (Phi) is 6.79. The number of benzene rings is 1. The highest BCUT2D eigenvalue weighted by Gasteiger charge is 2.08. The Labute approximate surface area is 152 Å². The van der Waals surface area contributed by atoms with E-state index in [4.69, 9.17) is 4.74 Å². The monoisotopic (exact) mass is 389 g/mol. The molecule has 1 heterocycles. The van der Waals surface area contributed by atoms with Gasteiger partial charge in [-0.25, -0.2) is 9.98 Å². The zero-order valence-corrected chi connectivity index (χ0v) is 16.3. The predicted molar refractivity (Wildman–Crippen MR) is 104 cm³/mol. The van der Waals surface area contributed by atoms with E-state index in [1.807, 2.05) is 31.3 Å². The van der Waals surface area contributed by atoms with Gasteiger partial charge in [-0.2, -0.15) is 0 Å². The molecule has 0 unspecified atom stereocenters. The first-order chi connectivity index (χ1) is 11.5. The average molecular weight is 390 g/mol. The van der Waals surface area contributed by atoms with E-state index in [-0.39, 0.29) is 0 Å². The number of rotatable bonds is 7. The number of ether oxygens (including phenoxy) is 1. The fraction of sp³-hybridized carbons (Fsp3) is 0.368. The van der Waals surface area contributed by atoms with Crippen LogP contribution < -0.4 is 4.74 Å². The summed E-state index contributed by atoms with van der Waals surface area (Å²) in [6.07, 6.45) is 2.68. The zero-order valence-electron chi connectivity index (χ0n) is 14.7. The van der Waals surface area contributed by atoms with Crippen molar-refractivity contribution in [2.75, 3.05) is 20.2 Å². The van der Waals surface area contributed by atoms with Gasteiger partial charge in [0.05, 0.1) is 28.8 Å². The molecule has 0 fully saturated rings. The molecule has 0 N–H and O–H groups in total. The maximum Gasteiger partial charge on any atom is 0.228 e. The van der Waals surface area contributed by atoms with Crippen LogP contribution in [0, 0.1) is 13.8 Å². The molecule has 2 rings (SSSR count). The number of pyridine rings is 1. The Morgan fingerprint density at radius 3 is 2.75 bits per heavy atom. The lowest BCUT2D eigenvalue weighted by Crippen LogP contribution is -2.14. The highest BCUT2D eigenvalue weighted by molar-refractivity contribution is 9.10.